The maximum atomic E-state index is 12.5. The molecule has 3 nitrogen and oxygen atoms in total. The van der Waals surface area contributed by atoms with Crippen LogP contribution in [-0.2, 0) is 4.79 Å². The van der Waals surface area contributed by atoms with Gasteiger partial charge in [0.25, 0.3) is 0 Å². The van der Waals surface area contributed by atoms with Crippen LogP contribution in [0.3, 0.4) is 0 Å². The van der Waals surface area contributed by atoms with Gasteiger partial charge in [0.05, 0.1) is 0 Å². The van der Waals surface area contributed by atoms with Crippen LogP contribution in [-0.4, -0.2) is 25.2 Å². The van der Waals surface area contributed by atoms with Crippen LogP contribution in [0, 0.1) is 13.8 Å². The van der Waals surface area contributed by atoms with Crippen molar-refractivity contribution in [2.45, 2.75) is 20.0 Å². The number of aryl methyl sites for hydroxylation is 2. The van der Waals surface area contributed by atoms with E-state index in [0.29, 0.717) is 10.5 Å². The van der Waals surface area contributed by atoms with Gasteiger partial charge in [0.15, 0.2) is 0 Å². The first kappa shape index (κ1) is 14.5. The second kappa shape index (κ2) is 5.39. The van der Waals surface area contributed by atoms with Crippen molar-refractivity contribution in [3.63, 3.8) is 0 Å². The zero-order chi connectivity index (χ0) is 13.9. The summed E-state index contributed by atoms with van der Waals surface area (Å²) in [4.78, 5) is 12.0. The van der Waals surface area contributed by atoms with Crippen molar-refractivity contribution in [1.29, 1.82) is 0 Å². The Bertz CT molecular complexity index is 443. The third-order valence-electron chi connectivity index (χ3n) is 2.50. The number of rotatable bonds is 3. The molecule has 18 heavy (non-hydrogen) atoms. The van der Waals surface area contributed by atoms with E-state index in [1.807, 2.05) is 0 Å². The van der Waals surface area contributed by atoms with Crippen molar-refractivity contribution in [2.24, 2.45) is 5.73 Å². The van der Waals surface area contributed by atoms with Gasteiger partial charge in [-0.25, -0.2) is 0 Å². The number of benzene rings is 1. The standard InChI is InChI=1S/C12H15F3N2O/c1-8-3-4-9(2)10(7-8)17(6-5-16)11(18)12(13,14)15/h3-4,7H,5-6,16H2,1-2H3. The zero-order valence-corrected chi connectivity index (χ0v) is 10.2. The first-order valence-electron chi connectivity index (χ1n) is 5.43. The van der Waals surface area contributed by atoms with Crippen LogP contribution in [0.15, 0.2) is 18.2 Å². The Labute approximate surface area is 103 Å². The van der Waals surface area contributed by atoms with Crippen LogP contribution < -0.4 is 10.6 Å². The minimum absolute atomic E-state index is 0.0325. The highest BCUT2D eigenvalue weighted by Crippen LogP contribution is 2.26. The van der Waals surface area contributed by atoms with Crippen molar-refractivity contribution in [3.05, 3.63) is 29.3 Å². The lowest BCUT2D eigenvalue weighted by atomic mass is 10.1. The van der Waals surface area contributed by atoms with E-state index in [1.54, 1.807) is 32.0 Å². The summed E-state index contributed by atoms with van der Waals surface area (Å²) in [7, 11) is 0. The second-order valence-electron chi connectivity index (χ2n) is 4.03. The van der Waals surface area contributed by atoms with E-state index in [2.05, 4.69) is 0 Å². The van der Waals surface area contributed by atoms with Gasteiger partial charge in [-0.2, -0.15) is 13.2 Å². The Morgan fingerprint density at radius 1 is 1.33 bits per heavy atom. The van der Waals surface area contributed by atoms with Gasteiger partial charge < -0.3 is 10.6 Å². The van der Waals surface area contributed by atoms with Crippen LogP contribution in [0.2, 0.25) is 0 Å². The molecule has 0 radical (unpaired) electrons. The lowest BCUT2D eigenvalue weighted by molar-refractivity contribution is -0.170. The molecule has 2 N–H and O–H groups in total. The second-order valence-corrected chi connectivity index (χ2v) is 4.03. The summed E-state index contributed by atoms with van der Waals surface area (Å²) in [6, 6.07) is 5.00. The molecule has 0 saturated heterocycles. The average molecular weight is 260 g/mol. The lowest BCUT2D eigenvalue weighted by Crippen LogP contribution is -2.44. The highest BCUT2D eigenvalue weighted by molar-refractivity contribution is 5.98. The van der Waals surface area contributed by atoms with E-state index >= 15 is 0 Å². The summed E-state index contributed by atoms with van der Waals surface area (Å²) in [6.45, 7) is 3.21. The SMILES string of the molecule is Cc1ccc(C)c(N(CCN)C(=O)C(F)(F)F)c1. The fourth-order valence-electron chi connectivity index (χ4n) is 1.62. The molecule has 0 aliphatic heterocycles. The number of nitrogens with two attached hydrogens (primary N) is 1. The molecule has 0 heterocycles. The molecule has 0 aliphatic carbocycles. The van der Waals surface area contributed by atoms with Crippen molar-refractivity contribution < 1.29 is 18.0 Å². The van der Waals surface area contributed by atoms with E-state index in [1.165, 1.54) is 0 Å². The molecule has 1 aromatic rings. The Morgan fingerprint density at radius 3 is 2.44 bits per heavy atom. The molecule has 0 fully saturated rings. The minimum atomic E-state index is -4.90. The van der Waals surface area contributed by atoms with Gasteiger partial charge in [-0.1, -0.05) is 12.1 Å². The first-order valence-corrected chi connectivity index (χ1v) is 5.43. The van der Waals surface area contributed by atoms with Crippen molar-refractivity contribution in [2.75, 3.05) is 18.0 Å². The van der Waals surface area contributed by atoms with Crippen LogP contribution in [0.25, 0.3) is 0 Å². The number of carbonyl (C=O) groups is 1. The Morgan fingerprint density at radius 2 is 1.94 bits per heavy atom. The van der Waals surface area contributed by atoms with Crippen LogP contribution in [0.4, 0.5) is 18.9 Å². The molecule has 0 bridgehead atoms. The molecule has 0 aliphatic rings. The predicted molar refractivity (Wildman–Crippen MR) is 63.4 cm³/mol. The van der Waals surface area contributed by atoms with E-state index in [0.717, 1.165) is 5.56 Å². The Kier molecular flexibility index (Phi) is 4.34. The van der Waals surface area contributed by atoms with Gasteiger partial charge in [0.1, 0.15) is 0 Å². The molecule has 0 aromatic heterocycles. The molecule has 6 heteroatoms. The van der Waals surface area contributed by atoms with E-state index in [9.17, 15) is 18.0 Å². The molecule has 0 spiro atoms. The third-order valence-corrected chi connectivity index (χ3v) is 2.50. The summed E-state index contributed by atoms with van der Waals surface area (Å²) in [6.07, 6.45) is -4.90. The van der Waals surface area contributed by atoms with E-state index in [4.69, 9.17) is 5.73 Å². The first-order chi connectivity index (χ1) is 8.27. The molecule has 1 aromatic carbocycles. The Hall–Kier alpha value is -1.56. The van der Waals surface area contributed by atoms with Gasteiger partial charge in [-0.05, 0) is 31.0 Å². The topological polar surface area (TPSA) is 46.3 Å². The summed E-state index contributed by atoms with van der Waals surface area (Å²) >= 11 is 0. The van der Waals surface area contributed by atoms with Crippen molar-refractivity contribution in [3.8, 4) is 0 Å². The van der Waals surface area contributed by atoms with Gasteiger partial charge >= 0.3 is 12.1 Å². The zero-order valence-electron chi connectivity index (χ0n) is 10.2. The number of alkyl halides is 3. The quantitative estimate of drug-likeness (QED) is 0.905. The maximum absolute atomic E-state index is 12.5. The Balaban J connectivity index is 3.20. The molecule has 0 unspecified atom stereocenters. The number of anilines is 1. The highest BCUT2D eigenvalue weighted by Gasteiger charge is 2.43. The molecular weight excluding hydrogens is 245 g/mol. The smallest absolute Gasteiger partial charge is 0.329 e. The van der Waals surface area contributed by atoms with Gasteiger partial charge in [0, 0.05) is 18.8 Å². The number of hydrogen-bond acceptors (Lipinski definition) is 2. The predicted octanol–water partition coefficient (Wildman–Crippen LogP) is 2.16. The molecule has 1 amide bonds. The maximum Gasteiger partial charge on any atom is 0.471 e. The molecule has 0 atom stereocenters. The van der Waals surface area contributed by atoms with Gasteiger partial charge in [-0.3, -0.25) is 4.79 Å². The minimum Gasteiger partial charge on any atom is -0.329 e. The average Bonchev–Trinajstić information content (AvgIpc) is 2.27. The van der Waals surface area contributed by atoms with Crippen LogP contribution >= 0.6 is 0 Å². The number of carbonyl (C=O) groups excluding carboxylic acids is 1. The van der Waals surface area contributed by atoms with E-state index in [-0.39, 0.29) is 18.8 Å². The number of amides is 1. The fraction of sp³-hybridized carbons (Fsp3) is 0.417. The molecule has 1 rings (SSSR count). The normalized spacial score (nSPS) is 11.4. The van der Waals surface area contributed by atoms with E-state index < -0.39 is 12.1 Å². The van der Waals surface area contributed by atoms with Gasteiger partial charge in [0.2, 0.25) is 0 Å². The van der Waals surface area contributed by atoms with Crippen molar-refractivity contribution in [1.82, 2.24) is 0 Å². The number of halogens is 3. The summed E-state index contributed by atoms with van der Waals surface area (Å²) in [5.74, 6) is -1.89. The van der Waals surface area contributed by atoms with Crippen LogP contribution in [0.1, 0.15) is 11.1 Å². The highest BCUT2D eigenvalue weighted by atomic mass is 19.4. The summed E-state index contributed by atoms with van der Waals surface area (Å²) < 4.78 is 37.5. The number of hydrogen-bond donors (Lipinski definition) is 1. The monoisotopic (exact) mass is 260 g/mol. The van der Waals surface area contributed by atoms with Gasteiger partial charge in [-0.15, -0.1) is 0 Å². The van der Waals surface area contributed by atoms with Crippen molar-refractivity contribution >= 4 is 11.6 Å². The lowest BCUT2D eigenvalue weighted by Gasteiger charge is -2.25. The third kappa shape index (κ3) is 3.22. The molecule has 100 valence electrons. The van der Waals surface area contributed by atoms with Crippen LogP contribution in [0.5, 0.6) is 0 Å². The fourth-order valence-corrected chi connectivity index (χ4v) is 1.62. The summed E-state index contributed by atoms with van der Waals surface area (Å²) in [5.41, 5.74) is 6.92. The number of nitrogens with zero attached hydrogens (tertiary/aromatic N) is 1. The summed E-state index contributed by atoms with van der Waals surface area (Å²) in [5, 5.41) is 0. The largest absolute Gasteiger partial charge is 0.471 e. The molecular formula is C12H15F3N2O. The molecule has 0 saturated carbocycles.